The van der Waals surface area contributed by atoms with Gasteiger partial charge < -0.3 is 10.6 Å². The minimum Gasteiger partial charge on any atom is -0.398 e. The lowest BCUT2D eigenvalue weighted by Crippen LogP contribution is -2.44. The molecule has 0 unspecified atom stereocenters. The molecule has 0 saturated carbocycles. The summed E-state index contributed by atoms with van der Waals surface area (Å²) in [4.78, 5) is 15.7. The number of carbonyl (C=O) groups is 1. The van der Waals surface area contributed by atoms with E-state index in [0.29, 0.717) is 18.8 Å². The number of nitrogen functional groups attached to an aromatic ring is 1. The lowest BCUT2D eigenvalue weighted by atomic mass is 10.1. The maximum Gasteiger partial charge on any atom is 0.324 e. The van der Waals surface area contributed by atoms with Gasteiger partial charge in [0, 0.05) is 19.3 Å². The standard InChI is InChI=1S/C16H16FN3O/c1-19-9-12-4-2-3-5-15(12)20(16(19)21)10-11-6-7-13(17)8-14(11)18/h2-8H,9-10,18H2,1H3. The summed E-state index contributed by atoms with van der Waals surface area (Å²) in [5, 5.41) is 0. The summed E-state index contributed by atoms with van der Waals surface area (Å²) < 4.78 is 13.1. The summed E-state index contributed by atoms with van der Waals surface area (Å²) >= 11 is 0. The number of benzene rings is 2. The third-order valence-corrected chi connectivity index (χ3v) is 3.68. The molecule has 5 heteroatoms. The first-order valence-corrected chi connectivity index (χ1v) is 6.70. The molecule has 1 aliphatic rings. The highest BCUT2D eigenvalue weighted by molar-refractivity contribution is 5.94. The van der Waals surface area contributed by atoms with Gasteiger partial charge in [0.2, 0.25) is 0 Å². The largest absolute Gasteiger partial charge is 0.398 e. The van der Waals surface area contributed by atoms with E-state index in [1.54, 1.807) is 22.9 Å². The third-order valence-electron chi connectivity index (χ3n) is 3.68. The van der Waals surface area contributed by atoms with E-state index >= 15 is 0 Å². The van der Waals surface area contributed by atoms with Gasteiger partial charge in [-0.15, -0.1) is 0 Å². The van der Waals surface area contributed by atoms with E-state index in [1.807, 2.05) is 24.3 Å². The molecule has 2 aromatic carbocycles. The molecule has 2 amide bonds. The molecule has 1 aliphatic heterocycles. The Morgan fingerprint density at radius 1 is 1.24 bits per heavy atom. The average Bonchev–Trinajstić information content (AvgIpc) is 2.46. The molecule has 21 heavy (non-hydrogen) atoms. The Labute approximate surface area is 122 Å². The van der Waals surface area contributed by atoms with Crippen LogP contribution in [0.2, 0.25) is 0 Å². The maximum absolute atomic E-state index is 13.1. The van der Waals surface area contributed by atoms with Gasteiger partial charge in [0.25, 0.3) is 0 Å². The number of amides is 2. The molecule has 1 heterocycles. The second kappa shape index (κ2) is 5.09. The van der Waals surface area contributed by atoms with E-state index in [1.165, 1.54) is 12.1 Å². The minimum atomic E-state index is -0.376. The molecule has 2 aromatic rings. The van der Waals surface area contributed by atoms with E-state index in [9.17, 15) is 9.18 Å². The van der Waals surface area contributed by atoms with Crippen LogP contribution in [0.1, 0.15) is 11.1 Å². The van der Waals surface area contributed by atoms with Crippen molar-refractivity contribution >= 4 is 17.4 Å². The summed E-state index contributed by atoms with van der Waals surface area (Å²) in [6.45, 7) is 0.913. The Kier molecular flexibility index (Phi) is 3.25. The molecule has 0 bridgehead atoms. The van der Waals surface area contributed by atoms with Crippen molar-refractivity contribution in [3.8, 4) is 0 Å². The van der Waals surface area contributed by atoms with Crippen molar-refractivity contribution in [3.63, 3.8) is 0 Å². The number of hydrogen-bond acceptors (Lipinski definition) is 2. The van der Waals surface area contributed by atoms with Crippen LogP contribution in [-0.4, -0.2) is 18.0 Å². The van der Waals surface area contributed by atoms with Crippen molar-refractivity contribution in [2.75, 3.05) is 17.7 Å². The van der Waals surface area contributed by atoms with Gasteiger partial charge in [-0.3, -0.25) is 4.90 Å². The van der Waals surface area contributed by atoms with Crippen LogP contribution < -0.4 is 10.6 Å². The first-order chi connectivity index (χ1) is 10.1. The number of anilines is 2. The van der Waals surface area contributed by atoms with Gasteiger partial charge in [0.05, 0.1) is 12.2 Å². The number of nitrogens with two attached hydrogens (primary N) is 1. The van der Waals surface area contributed by atoms with Crippen molar-refractivity contribution in [1.82, 2.24) is 4.90 Å². The van der Waals surface area contributed by atoms with E-state index in [2.05, 4.69) is 0 Å². The van der Waals surface area contributed by atoms with Gasteiger partial charge in [-0.05, 0) is 29.3 Å². The van der Waals surface area contributed by atoms with Gasteiger partial charge >= 0.3 is 6.03 Å². The minimum absolute atomic E-state index is 0.0857. The zero-order chi connectivity index (χ0) is 15.0. The van der Waals surface area contributed by atoms with Crippen LogP contribution in [0.5, 0.6) is 0 Å². The molecule has 0 saturated heterocycles. The van der Waals surface area contributed by atoms with Crippen molar-refractivity contribution in [2.24, 2.45) is 0 Å². The number of fused-ring (bicyclic) bond motifs is 1. The lowest BCUT2D eigenvalue weighted by Gasteiger charge is -2.35. The monoisotopic (exact) mass is 285 g/mol. The molecule has 0 atom stereocenters. The summed E-state index contributed by atoms with van der Waals surface area (Å²) in [7, 11) is 1.76. The van der Waals surface area contributed by atoms with Crippen molar-refractivity contribution in [3.05, 3.63) is 59.4 Å². The van der Waals surface area contributed by atoms with E-state index in [4.69, 9.17) is 5.73 Å². The summed E-state index contributed by atoms with van der Waals surface area (Å²) in [5.41, 5.74) is 8.90. The van der Waals surface area contributed by atoms with Crippen molar-refractivity contribution in [2.45, 2.75) is 13.1 Å². The Morgan fingerprint density at radius 3 is 2.76 bits per heavy atom. The lowest BCUT2D eigenvalue weighted by molar-refractivity contribution is 0.210. The Balaban J connectivity index is 1.99. The molecule has 108 valence electrons. The number of carbonyl (C=O) groups excluding carboxylic acids is 1. The summed E-state index contributed by atoms with van der Waals surface area (Å²) in [6, 6.07) is 11.9. The first-order valence-electron chi connectivity index (χ1n) is 6.70. The molecule has 3 rings (SSSR count). The molecular formula is C16H16FN3O. The Morgan fingerprint density at radius 2 is 2.00 bits per heavy atom. The van der Waals surface area contributed by atoms with Crippen LogP contribution in [0.25, 0.3) is 0 Å². The molecular weight excluding hydrogens is 269 g/mol. The maximum atomic E-state index is 13.1. The quantitative estimate of drug-likeness (QED) is 0.862. The molecule has 0 radical (unpaired) electrons. The smallest absolute Gasteiger partial charge is 0.324 e. The third kappa shape index (κ3) is 2.42. The molecule has 0 spiro atoms. The number of halogens is 1. The predicted octanol–water partition coefficient (Wildman–Crippen LogP) is 2.98. The van der Waals surface area contributed by atoms with Gasteiger partial charge in [-0.1, -0.05) is 24.3 Å². The second-order valence-corrected chi connectivity index (χ2v) is 5.20. The van der Waals surface area contributed by atoms with Gasteiger partial charge in [0.1, 0.15) is 5.82 Å². The van der Waals surface area contributed by atoms with E-state index in [-0.39, 0.29) is 11.8 Å². The van der Waals surface area contributed by atoms with Crippen LogP contribution in [-0.2, 0) is 13.1 Å². The topological polar surface area (TPSA) is 49.6 Å². The van der Waals surface area contributed by atoms with Crippen LogP contribution >= 0.6 is 0 Å². The first kappa shape index (κ1) is 13.4. The van der Waals surface area contributed by atoms with Crippen LogP contribution in [0.3, 0.4) is 0 Å². The number of nitrogens with zero attached hydrogens (tertiary/aromatic N) is 2. The molecule has 0 aromatic heterocycles. The van der Waals surface area contributed by atoms with Crippen LogP contribution in [0.15, 0.2) is 42.5 Å². The normalized spacial score (nSPS) is 14.3. The molecule has 2 N–H and O–H groups in total. The van der Waals surface area contributed by atoms with Gasteiger partial charge in [0.15, 0.2) is 0 Å². The average molecular weight is 285 g/mol. The highest BCUT2D eigenvalue weighted by Gasteiger charge is 2.28. The molecule has 0 aliphatic carbocycles. The van der Waals surface area contributed by atoms with Gasteiger partial charge in [-0.2, -0.15) is 0 Å². The fourth-order valence-electron chi connectivity index (χ4n) is 2.57. The predicted molar refractivity (Wildman–Crippen MR) is 80.3 cm³/mol. The SMILES string of the molecule is CN1Cc2ccccc2N(Cc2ccc(F)cc2N)C1=O. The second-order valence-electron chi connectivity index (χ2n) is 5.20. The summed E-state index contributed by atoms with van der Waals surface area (Å²) in [5.74, 6) is -0.376. The number of hydrogen-bond donors (Lipinski definition) is 1. The highest BCUT2D eigenvalue weighted by Crippen LogP contribution is 2.30. The fraction of sp³-hybridized carbons (Fsp3) is 0.188. The number of urea groups is 1. The zero-order valence-corrected chi connectivity index (χ0v) is 11.7. The van der Waals surface area contributed by atoms with Crippen molar-refractivity contribution in [1.29, 1.82) is 0 Å². The Hall–Kier alpha value is -2.56. The highest BCUT2D eigenvalue weighted by atomic mass is 19.1. The number of rotatable bonds is 2. The van der Waals surface area contributed by atoms with Crippen LogP contribution in [0, 0.1) is 5.82 Å². The summed E-state index contributed by atoms with van der Waals surface area (Å²) in [6.07, 6.45) is 0. The Bertz CT molecular complexity index is 702. The van der Waals surface area contributed by atoms with Crippen molar-refractivity contribution < 1.29 is 9.18 Å². The molecule has 0 fully saturated rings. The number of para-hydroxylation sites is 1. The molecule has 4 nitrogen and oxygen atoms in total. The van der Waals surface area contributed by atoms with E-state index in [0.717, 1.165) is 16.8 Å². The van der Waals surface area contributed by atoms with Gasteiger partial charge in [-0.25, -0.2) is 9.18 Å². The fourth-order valence-corrected chi connectivity index (χ4v) is 2.57. The van der Waals surface area contributed by atoms with E-state index < -0.39 is 0 Å². The zero-order valence-electron chi connectivity index (χ0n) is 11.7. The van der Waals surface area contributed by atoms with Crippen LogP contribution in [0.4, 0.5) is 20.6 Å².